The van der Waals surface area contributed by atoms with Crippen molar-refractivity contribution in [1.29, 1.82) is 0 Å². The van der Waals surface area contributed by atoms with Crippen molar-refractivity contribution in [2.75, 3.05) is 6.54 Å². The lowest BCUT2D eigenvalue weighted by Crippen LogP contribution is -2.21. The third-order valence-corrected chi connectivity index (χ3v) is 2.15. The van der Waals surface area contributed by atoms with E-state index >= 15 is 0 Å². The second kappa shape index (κ2) is 3.17. The molecule has 74 valence electrons. The van der Waals surface area contributed by atoms with Crippen molar-refractivity contribution >= 4 is 6.03 Å². The third-order valence-electron chi connectivity index (χ3n) is 2.15. The minimum absolute atomic E-state index is 0.224. The van der Waals surface area contributed by atoms with E-state index in [2.05, 4.69) is 10.6 Å². The van der Waals surface area contributed by atoms with Gasteiger partial charge in [0, 0.05) is 6.54 Å². The van der Waals surface area contributed by atoms with Gasteiger partial charge < -0.3 is 15.7 Å². The predicted molar refractivity (Wildman–Crippen MR) is 47.3 cm³/mol. The summed E-state index contributed by atoms with van der Waals surface area (Å²) in [6, 6.07) is 3.58. The van der Waals surface area contributed by atoms with Crippen LogP contribution < -0.4 is 10.6 Å². The van der Waals surface area contributed by atoms with Gasteiger partial charge in [0.1, 0.15) is 0 Å². The van der Waals surface area contributed by atoms with Crippen LogP contribution in [-0.2, 0) is 0 Å². The number of phenolic OH excluding ortho intramolecular Hbond substituents is 1. The maximum Gasteiger partial charge on any atom is 0.315 e. The Kier molecular flexibility index (Phi) is 1.99. The van der Waals surface area contributed by atoms with Gasteiger partial charge in [0.05, 0.1) is 6.04 Å². The van der Waals surface area contributed by atoms with E-state index in [1.165, 1.54) is 12.1 Å². The molecule has 0 bridgehead atoms. The molecule has 0 radical (unpaired) electrons. The topological polar surface area (TPSA) is 61.4 Å². The van der Waals surface area contributed by atoms with Crippen LogP contribution in [0, 0.1) is 5.82 Å². The molecule has 0 saturated carbocycles. The van der Waals surface area contributed by atoms with E-state index in [4.69, 9.17) is 5.11 Å². The minimum Gasteiger partial charge on any atom is -0.505 e. The van der Waals surface area contributed by atoms with Gasteiger partial charge in [0.25, 0.3) is 0 Å². The van der Waals surface area contributed by atoms with E-state index < -0.39 is 5.82 Å². The van der Waals surface area contributed by atoms with Gasteiger partial charge in [0.2, 0.25) is 0 Å². The number of benzene rings is 1. The SMILES string of the molecule is O=C1NC[C@H](c2ccc(O)c(F)c2)N1. The highest BCUT2D eigenvalue weighted by atomic mass is 19.1. The van der Waals surface area contributed by atoms with Crippen molar-refractivity contribution in [3.63, 3.8) is 0 Å². The lowest BCUT2D eigenvalue weighted by molar-refractivity contribution is 0.247. The third kappa shape index (κ3) is 1.48. The fourth-order valence-corrected chi connectivity index (χ4v) is 1.40. The van der Waals surface area contributed by atoms with Gasteiger partial charge in [-0.15, -0.1) is 0 Å². The van der Waals surface area contributed by atoms with E-state index in [1.54, 1.807) is 6.07 Å². The summed E-state index contributed by atoms with van der Waals surface area (Å²) in [5, 5.41) is 14.1. The van der Waals surface area contributed by atoms with Crippen molar-refractivity contribution in [3.05, 3.63) is 29.6 Å². The summed E-state index contributed by atoms with van der Waals surface area (Å²) in [5.41, 5.74) is 0.638. The Bertz CT molecular complexity index is 381. The number of aromatic hydroxyl groups is 1. The van der Waals surface area contributed by atoms with Crippen LogP contribution in [0.15, 0.2) is 18.2 Å². The number of amides is 2. The molecule has 1 atom stereocenters. The lowest BCUT2D eigenvalue weighted by atomic mass is 10.1. The van der Waals surface area contributed by atoms with Crippen molar-refractivity contribution in [1.82, 2.24) is 10.6 Å². The monoisotopic (exact) mass is 196 g/mol. The standard InChI is InChI=1S/C9H9FN2O2/c10-6-3-5(1-2-8(6)13)7-4-11-9(14)12-7/h1-3,7,13H,4H2,(H2,11,12,14)/t7-/m1/s1. The second-order valence-corrected chi connectivity index (χ2v) is 3.12. The summed E-state index contributed by atoms with van der Waals surface area (Å²) < 4.78 is 12.9. The van der Waals surface area contributed by atoms with Gasteiger partial charge in [-0.2, -0.15) is 0 Å². The smallest absolute Gasteiger partial charge is 0.315 e. The Morgan fingerprint density at radius 2 is 2.29 bits per heavy atom. The molecule has 1 saturated heterocycles. The molecular formula is C9H9FN2O2. The second-order valence-electron chi connectivity index (χ2n) is 3.12. The zero-order valence-electron chi connectivity index (χ0n) is 7.25. The van der Waals surface area contributed by atoms with Crippen LogP contribution in [0.5, 0.6) is 5.75 Å². The normalized spacial score (nSPS) is 20.4. The van der Waals surface area contributed by atoms with Gasteiger partial charge in [-0.1, -0.05) is 6.07 Å². The van der Waals surface area contributed by atoms with Crippen LogP contribution in [0.25, 0.3) is 0 Å². The summed E-state index contributed by atoms with van der Waals surface area (Å²) >= 11 is 0. The Labute approximate surface area is 79.7 Å². The maximum absolute atomic E-state index is 12.9. The summed E-state index contributed by atoms with van der Waals surface area (Å²) in [7, 11) is 0. The first-order valence-corrected chi connectivity index (χ1v) is 4.19. The molecule has 5 heteroatoms. The van der Waals surface area contributed by atoms with Gasteiger partial charge in [-0.3, -0.25) is 0 Å². The number of carbonyl (C=O) groups excluding carboxylic acids is 1. The Morgan fingerprint density at radius 1 is 1.50 bits per heavy atom. The highest BCUT2D eigenvalue weighted by molar-refractivity contribution is 5.76. The molecule has 0 aliphatic carbocycles. The molecule has 14 heavy (non-hydrogen) atoms. The zero-order valence-corrected chi connectivity index (χ0v) is 7.25. The van der Waals surface area contributed by atoms with Crippen LogP contribution >= 0.6 is 0 Å². The van der Waals surface area contributed by atoms with Gasteiger partial charge in [0.15, 0.2) is 11.6 Å². The Morgan fingerprint density at radius 3 is 2.86 bits per heavy atom. The minimum atomic E-state index is -0.677. The molecule has 1 aliphatic heterocycles. The maximum atomic E-state index is 12.9. The number of phenols is 1. The number of hydrogen-bond donors (Lipinski definition) is 3. The molecule has 0 aromatic heterocycles. The molecule has 1 aromatic rings. The van der Waals surface area contributed by atoms with Crippen LogP contribution in [0.4, 0.5) is 9.18 Å². The fourth-order valence-electron chi connectivity index (χ4n) is 1.40. The van der Waals surface area contributed by atoms with Crippen LogP contribution in [0.1, 0.15) is 11.6 Å². The number of rotatable bonds is 1. The zero-order chi connectivity index (χ0) is 10.1. The molecular weight excluding hydrogens is 187 g/mol. The van der Waals surface area contributed by atoms with Crippen LogP contribution in [0.3, 0.4) is 0 Å². The molecule has 1 aromatic carbocycles. The van der Waals surface area contributed by atoms with E-state index in [0.717, 1.165) is 0 Å². The summed E-state index contributed by atoms with van der Waals surface area (Å²) in [6.45, 7) is 0.434. The predicted octanol–water partition coefficient (Wildman–Crippen LogP) is 0.885. The number of hydrogen-bond acceptors (Lipinski definition) is 2. The molecule has 2 rings (SSSR count). The van der Waals surface area contributed by atoms with E-state index in [0.29, 0.717) is 12.1 Å². The molecule has 4 nitrogen and oxygen atoms in total. The molecule has 3 N–H and O–H groups in total. The van der Waals surface area contributed by atoms with Crippen molar-refractivity contribution in [2.24, 2.45) is 0 Å². The van der Waals surface area contributed by atoms with Crippen LogP contribution in [0.2, 0.25) is 0 Å². The highest BCUT2D eigenvalue weighted by Gasteiger charge is 2.22. The first-order valence-electron chi connectivity index (χ1n) is 4.19. The molecule has 0 unspecified atom stereocenters. The first kappa shape index (κ1) is 8.80. The molecule has 0 spiro atoms. The van der Waals surface area contributed by atoms with Crippen LogP contribution in [-0.4, -0.2) is 17.7 Å². The Hall–Kier alpha value is -1.78. The number of carbonyl (C=O) groups is 1. The van der Waals surface area contributed by atoms with Gasteiger partial charge in [-0.25, -0.2) is 9.18 Å². The molecule has 2 amide bonds. The van der Waals surface area contributed by atoms with Crippen molar-refractivity contribution in [2.45, 2.75) is 6.04 Å². The quantitative estimate of drug-likeness (QED) is 0.624. The van der Waals surface area contributed by atoms with Crippen molar-refractivity contribution < 1.29 is 14.3 Å². The number of urea groups is 1. The highest BCUT2D eigenvalue weighted by Crippen LogP contribution is 2.21. The van der Waals surface area contributed by atoms with Gasteiger partial charge >= 0.3 is 6.03 Å². The molecule has 1 fully saturated rings. The summed E-state index contributed by atoms with van der Waals surface area (Å²) in [5.74, 6) is -1.06. The Balaban J connectivity index is 2.24. The molecule has 1 aliphatic rings. The molecule has 1 heterocycles. The summed E-state index contributed by atoms with van der Waals surface area (Å²) in [6.07, 6.45) is 0. The van der Waals surface area contributed by atoms with E-state index in [9.17, 15) is 9.18 Å². The average molecular weight is 196 g/mol. The largest absolute Gasteiger partial charge is 0.505 e. The van der Waals surface area contributed by atoms with Gasteiger partial charge in [-0.05, 0) is 17.7 Å². The van der Waals surface area contributed by atoms with E-state index in [1.807, 2.05) is 0 Å². The summed E-state index contributed by atoms with van der Waals surface area (Å²) in [4.78, 5) is 10.8. The first-order chi connectivity index (χ1) is 6.66. The number of halogens is 1. The van der Waals surface area contributed by atoms with E-state index in [-0.39, 0.29) is 17.8 Å². The number of nitrogens with one attached hydrogen (secondary N) is 2. The lowest BCUT2D eigenvalue weighted by Gasteiger charge is -2.08. The average Bonchev–Trinajstić information content (AvgIpc) is 2.57. The van der Waals surface area contributed by atoms with Crippen molar-refractivity contribution in [3.8, 4) is 5.75 Å². The fraction of sp³-hybridized carbons (Fsp3) is 0.222.